The van der Waals surface area contributed by atoms with Crippen molar-refractivity contribution in [3.8, 4) is 0 Å². The highest BCUT2D eigenvalue weighted by molar-refractivity contribution is 5.72. The largest absolute Gasteiger partial charge is 0.351 e. The number of urea groups is 1. The fourth-order valence-corrected chi connectivity index (χ4v) is 2.15. The molecule has 1 saturated heterocycles. The lowest BCUT2D eigenvalue weighted by atomic mass is 10.0. The number of piperidine rings is 1. The molecule has 0 radical (unpaired) electrons. The van der Waals surface area contributed by atoms with Gasteiger partial charge in [-0.25, -0.2) is 4.79 Å². The Hall–Kier alpha value is -0.770. The lowest BCUT2D eigenvalue weighted by Crippen LogP contribution is -2.47. The second kappa shape index (κ2) is 6.09. The molecule has 1 rings (SSSR count). The van der Waals surface area contributed by atoms with Crippen molar-refractivity contribution in [2.45, 2.75) is 39.2 Å². The molecule has 16 heavy (non-hydrogen) atoms. The van der Waals surface area contributed by atoms with E-state index in [0.717, 1.165) is 31.8 Å². The summed E-state index contributed by atoms with van der Waals surface area (Å²) < 4.78 is 0. The maximum Gasteiger partial charge on any atom is 0.314 e. The van der Waals surface area contributed by atoms with Crippen molar-refractivity contribution in [3.63, 3.8) is 0 Å². The Bertz CT molecular complexity index is 222. The van der Waals surface area contributed by atoms with E-state index in [4.69, 9.17) is 5.73 Å². The first-order valence-electron chi connectivity index (χ1n) is 6.25. The van der Waals surface area contributed by atoms with E-state index in [1.807, 2.05) is 0 Å². The van der Waals surface area contributed by atoms with Crippen molar-refractivity contribution < 1.29 is 4.79 Å². The van der Waals surface area contributed by atoms with Gasteiger partial charge in [-0.05, 0) is 31.7 Å². The fourth-order valence-electron chi connectivity index (χ4n) is 2.15. The SMILES string of the molecule is CC(C)CCN1CCC(N(C)C(N)=O)CC1. The van der Waals surface area contributed by atoms with Crippen LogP contribution in [0, 0.1) is 5.92 Å². The van der Waals surface area contributed by atoms with Gasteiger partial charge in [0.15, 0.2) is 0 Å². The van der Waals surface area contributed by atoms with Crippen LogP contribution in [0.15, 0.2) is 0 Å². The van der Waals surface area contributed by atoms with Crippen LogP contribution in [-0.2, 0) is 0 Å². The van der Waals surface area contributed by atoms with E-state index >= 15 is 0 Å². The molecule has 0 aromatic heterocycles. The Labute approximate surface area is 98.8 Å². The fraction of sp³-hybridized carbons (Fsp3) is 0.917. The minimum Gasteiger partial charge on any atom is -0.351 e. The number of hydrogen-bond acceptors (Lipinski definition) is 2. The summed E-state index contributed by atoms with van der Waals surface area (Å²) in [4.78, 5) is 15.2. The zero-order valence-corrected chi connectivity index (χ0v) is 10.8. The maximum absolute atomic E-state index is 11.0. The second-order valence-electron chi connectivity index (χ2n) is 5.20. The maximum atomic E-state index is 11.0. The van der Waals surface area contributed by atoms with Crippen molar-refractivity contribution in [2.75, 3.05) is 26.7 Å². The number of rotatable bonds is 4. The molecule has 1 aliphatic rings. The number of carbonyl (C=O) groups excluding carboxylic acids is 1. The van der Waals surface area contributed by atoms with Crippen LogP contribution < -0.4 is 5.73 Å². The van der Waals surface area contributed by atoms with Gasteiger partial charge in [0, 0.05) is 26.2 Å². The molecule has 4 nitrogen and oxygen atoms in total. The Balaban J connectivity index is 2.25. The number of amides is 2. The van der Waals surface area contributed by atoms with Crippen molar-refractivity contribution >= 4 is 6.03 Å². The predicted octanol–water partition coefficient (Wildman–Crippen LogP) is 1.51. The Morgan fingerprint density at radius 1 is 1.44 bits per heavy atom. The third-order valence-electron chi connectivity index (χ3n) is 3.48. The van der Waals surface area contributed by atoms with Crippen LogP contribution >= 0.6 is 0 Å². The lowest BCUT2D eigenvalue weighted by molar-refractivity contribution is 0.136. The summed E-state index contributed by atoms with van der Waals surface area (Å²) in [5.41, 5.74) is 5.27. The third kappa shape index (κ3) is 4.00. The Morgan fingerprint density at radius 2 is 2.00 bits per heavy atom. The van der Waals surface area contributed by atoms with Crippen LogP contribution in [-0.4, -0.2) is 48.6 Å². The van der Waals surface area contributed by atoms with Crippen LogP contribution in [0.5, 0.6) is 0 Å². The summed E-state index contributed by atoms with van der Waals surface area (Å²) in [6, 6.07) is 0.0356. The molecule has 0 spiro atoms. The molecule has 0 aromatic rings. The van der Waals surface area contributed by atoms with E-state index in [1.54, 1.807) is 11.9 Å². The van der Waals surface area contributed by atoms with E-state index in [0.29, 0.717) is 6.04 Å². The molecule has 0 aromatic carbocycles. The third-order valence-corrected chi connectivity index (χ3v) is 3.48. The van der Waals surface area contributed by atoms with Gasteiger partial charge in [0.2, 0.25) is 0 Å². The molecular formula is C12H25N3O. The highest BCUT2D eigenvalue weighted by atomic mass is 16.2. The molecule has 4 heteroatoms. The van der Waals surface area contributed by atoms with Gasteiger partial charge < -0.3 is 15.5 Å². The van der Waals surface area contributed by atoms with Gasteiger partial charge in [-0.2, -0.15) is 0 Å². The number of primary amides is 1. The van der Waals surface area contributed by atoms with Gasteiger partial charge in [-0.3, -0.25) is 0 Å². The molecule has 0 bridgehead atoms. The molecule has 1 aliphatic heterocycles. The average Bonchev–Trinajstić information content (AvgIpc) is 2.26. The van der Waals surface area contributed by atoms with Crippen molar-refractivity contribution in [2.24, 2.45) is 11.7 Å². The molecule has 1 heterocycles. The minimum atomic E-state index is -0.305. The standard InChI is InChI=1S/C12H25N3O/c1-10(2)4-7-15-8-5-11(6-9-15)14(3)12(13)16/h10-11H,4-9H2,1-3H3,(H2,13,16). The van der Waals surface area contributed by atoms with E-state index in [1.165, 1.54) is 13.0 Å². The quantitative estimate of drug-likeness (QED) is 0.791. The molecule has 1 fully saturated rings. The minimum absolute atomic E-state index is 0.305. The predicted molar refractivity (Wildman–Crippen MR) is 66.3 cm³/mol. The molecule has 0 aliphatic carbocycles. The van der Waals surface area contributed by atoms with E-state index in [9.17, 15) is 4.79 Å². The van der Waals surface area contributed by atoms with Gasteiger partial charge >= 0.3 is 6.03 Å². The van der Waals surface area contributed by atoms with Crippen LogP contribution in [0.4, 0.5) is 4.79 Å². The number of hydrogen-bond donors (Lipinski definition) is 1. The van der Waals surface area contributed by atoms with Crippen LogP contribution in [0.2, 0.25) is 0 Å². The molecule has 94 valence electrons. The first kappa shape index (κ1) is 13.3. The molecule has 0 saturated carbocycles. The average molecular weight is 227 g/mol. The molecular weight excluding hydrogens is 202 g/mol. The van der Waals surface area contributed by atoms with E-state index < -0.39 is 0 Å². The van der Waals surface area contributed by atoms with Crippen LogP contribution in [0.1, 0.15) is 33.1 Å². The van der Waals surface area contributed by atoms with Crippen LogP contribution in [0.25, 0.3) is 0 Å². The van der Waals surface area contributed by atoms with Gasteiger partial charge in [0.05, 0.1) is 0 Å². The van der Waals surface area contributed by atoms with Gasteiger partial charge in [0.1, 0.15) is 0 Å². The van der Waals surface area contributed by atoms with Crippen molar-refractivity contribution in [1.29, 1.82) is 0 Å². The number of nitrogens with two attached hydrogens (primary N) is 1. The number of nitrogens with zero attached hydrogens (tertiary/aromatic N) is 2. The summed E-state index contributed by atoms with van der Waals surface area (Å²) in [6.45, 7) is 7.88. The van der Waals surface area contributed by atoms with Gasteiger partial charge in [-0.15, -0.1) is 0 Å². The monoisotopic (exact) mass is 227 g/mol. The summed E-state index contributed by atoms with van der Waals surface area (Å²) in [6.07, 6.45) is 3.37. The topological polar surface area (TPSA) is 49.6 Å². The van der Waals surface area contributed by atoms with Crippen molar-refractivity contribution in [1.82, 2.24) is 9.80 Å². The smallest absolute Gasteiger partial charge is 0.314 e. The van der Waals surface area contributed by atoms with E-state index in [-0.39, 0.29) is 6.03 Å². The Kier molecular flexibility index (Phi) is 5.06. The molecule has 0 atom stereocenters. The summed E-state index contributed by atoms with van der Waals surface area (Å²) in [7, 11) is 1.80. The first-order valence-corrected chi connectivity index (χ1v) is 6.25. The molecule has 0 unspecified atom stereocenters. The number of carbonyl (C=O) groups is 1. The van der Waals surface area contributed by atoms with E-state index in [2.05, 4.69) is 18.7 Å². The Morgan fingerprint density at radius 3 is 2.44 bits per heavy atom. The van der Waals surface area contributed by atoms with Crippen molar-refractivity contribution in [3.05, 3.63) is 0 Å². The summed E-state index contributed by atoms with van der Waals surface area (Å²) in [5.74, 6) is 0.769. The second-order valence-corrected chi connectivity index (χ2v) is 5.20. The van der Waals surface area contributed by atoms with Gasteiger partial charge in [-0.1, -0.05) is 13.8 Å². The highest BCUT2D eigenvalue weighted by Crippen LogP contribution is 2.16. The zero-order valence-electron chi connectivity index (χ0n) is 10.8. The molecule has 2 amide bonds. The normalized spacial score (nSPS) is 19.0. The zero-order chi connectivity index (χ0) is 12.1. The first-order chi connectivity index (χ1) is 7.50. The summed E-state index contributed by atoms with van der Waals surface area (Å²) >= 11 is 0. The highest BCUT2D eigenvalue weighted by Gasteiger charge is 2.23. The van der Waals surface area contributed by atoms with Gasteiger partial charge in [0.25, 0.3) is 0 Å². The molecule has 2 N–H and O–H groups in total. The van der Waals surface area contributed by atoms with Crippen LogP contribution in [0.3, 0.4) is 0 Å². The lowest BCUT2D eigenvalue weighted by Gasteiger charge is -2.36. The number of likely N-dealkylation sites (tertiary alicyclic amines) is 1. The summed E-state index contributed by atoms with van der Waals surface area (Å²) in [5, 5.41) is 0.